The van der Waals surface area contributed by atoms with E-state index in [0.717, 1.165) is 12.2 Å². The van der Waals surface area contributed by atoms with Crippen LogP contribution < -0.4 is 10.1 Å². The van der Waals surface area contributed by atoms with E-state index in [1.165, 1.54) is 12.1 Å². The van der Waals surface area contributed by atoms with Crippen LogP contribution in [0.25, 0.3) is 0 Å². The third-order valence-corrected chi connectivity index (χ3v) is 3.20. The van der Waals surface area contributed by atoms with Gasteiger partial charge in [0, 0.05) is 5.56 Å². The number of carbonyl (C=O) groups is 1. The zero-order valence-corrected chi connectivity index (χ0v) is 12.8. The van der Waals surface area contributed by atoms with Gasteiger partial charge in [-0.15, -0.1) is 0 Å². The summed E-state index contributed by atoms with van der Waals surface area (Å²) in [7, 11) is 0. The molecule has 0 unspecified atom stereocenters. The molecule has 1 amide bonds. The molecular formula is C18H20FNO2. The number of halogens is 1. The number of carbonyl (C=O) groups excluding carboxylic acids is 1. The molecule has 116 valence electrons. The van der Waals surface area contributed by atoms with Crippen molar-refractivity contribution in [3.8, 4) is 5.75 Å². The smallest absolute Gasteiger partial charge is 0.255 e. The Labute approximate surface area is 130 Å². The number of rotatable bonds is 6. The Morgan fingerprint density at radius 2 is 1.82 bits per heavy atom. The maximum absolute atomic E-state index is 13.5. The Hall–Kier alpha value is -2.36. The lowest BCUT2D eigenvalue weighted by Crippen LogP contribution is -2.12. The predicted octanol–water partition coefficient (Wildman–Crippen LogP) is 4.50. The summed E-state index contributed by atoms with van der Waals surface area (Å²) in [5.74, 6) is 0.511. The van der Waals surface area contributed by atoms with E-state index >= 15 is 0 Å². The van der Waals surface area contributed by atoms with Crippen molar-refractivity contribution in [2.24, 2.45) is 5.92 Å². The lowest BCUT2D eigenvalue weighted by atomic mass is 10.1. The van der Waals surface area contributed by atoms with Gasteiger partial charge in [-0.1, -0.05) is 26.0 Å². The third-order valence-electron chi connectivity index (χ3n) is 3.20. The first-order valence-electron chi connectivity index (χ1n) is 7.35. The normalized spacial score (nSPS) is 10.5. The summed E-state index contributed by atoms with van der Waals surface area (Å²) in [6, 6.07) is 12.9. The third kappa shape index (κ3) is 4.58. The van der Waals surface area contributed by atoms with Gasteiger partial charge in [-0.25, -0.2) is 4.39 Å². The van der Waals surface area contributed by atoms with Crippen molar-refractivity contribution in [1.82, 2.24) is 0 Å². The maximum Gasteiger partial charge on any atom is 0.255 e. The number of amides is 1. The van der Waals surface area contributed by atoms with Gasteiger partial charge >= 0.3 is 0 Å². The molecule has 3 nitrogen and oxygen atoms in total. The highest BCUT2D eigenvalue weighted by Crippen LogP contribution is 2.16. The fourth-order valence-electron chi connectivity index (χ4n) is 1.87. The summed E-state index contributed by atoms with van der Waals surface area (Å²) in [5, 5.41) is 2.55. The van der Waals surface area contributed by atoms with Crippen molar-refractivity contribution in [2.75, 3.05) is 11.9 Å². The molecule has 0 saturated carbocycles. The van der Waals surface area contributed by atoms with E-state index in [0.29, 0.717) is 18.1 Å². The molecule has 0 heterocycles. The standard InChI is InChI=1S/C18H20FNO2/c1-13(2)11-12-22-15-9-7-14(8-10-15)18(21)20-17-6-4-3-5-16(17)19/h3-10,13H,11-12H2,1-2H3,(H,20,21). The predicted molar refractivity (Wildman–Crippen MR) is 85.7 cm³/mol. The van der Waals surface area contributed by atoms with Crippen LogP contribution in [0.2, 0.25) is 0 Å². The van der Waals surface area contributed by atoms with Gasteiger partial charge in [0.05, 0.1) is 12.3 Å². The Morgan fingerprint density at radius 1 is 1.14 bits per heavy atom. The Morgan fingerprint density at radius 3 is 2.45 bits per heavy atom. The van der Waals surface area contributed by atoms with Crippen LogP contribution >= 0.6 is 0 Å². The van der Waals surface area contributed by atoms with E-state index in [1.54, 1.807) is 36.4 Å². The van der Waals surface area contributed by atoms with Crippen LogP contribution in [-0.2, 0) is 0 Å². The highest BCUT2D eigenvalue weighted by Gasteiger charge is 2.09. The van der Waals surface area contributed by atoms with Crippen molar-refractivity contribution in [1.29, 1.82) is 0 Å². The minimum Gasteiger partial charge on any atom is -0.494 e. The molecule has 0 aliphatic rings. The quantitative estimate of drug-likeness (QED) is 0.853. The maximum atomic E-state index is 13.5. The molecule has 4 heteroatoms. The van der Waals surface area contributed by atoms with E-state index in [-0.39, 0.29) is 11.6 Å². The van der Waals surface area contributed by atoms with Crippen molar-refractivity contribution in [2.45, 2.75) is 20.3 Å². The SMILES string of the molecule is CC(C)CCOc1ccc(C(=O)Nc2ccccc2F)cc1. The molecule has 0 atom stereocenters. The molecular weight excluding hydrogens is 281 g/mol. The van der Waals surface area contributed by atoms with Crippen LogP contribution in [-0.4, -0.2) is 12.5 Å². The second-order valence-electron chi connectivity index (χ2n) is 5.49. The molecule has 1 N–H and O–H groups in total. The van der Waals surface area contributed by atoms with E-state index in [1.807, 2.05) is 0 Å². The zero-order chi connectivity index (χ0) is 15.9. The molecule has 2 rings (SSSR count). The van der Waals surface area contributed by atoms with Gasteiger partial charge in [0.1, 0.15) is 11.6 Å². The van der Waals surface area contributed by atoms with E-state index in [2.05, 4.69) is 19.2 Å². The number of benzene rings is 2. The first-order valence-corrected chi connectivity index (χ1v) is 7.35. The second-order valence-corrected chi connectivity index (χ2v) is 5.49. The van der Waals surface area contributed by atoms with Crippen molar-refractivity contribution in [3.05, 3.63) is 59.9 Å². The molecule has 22 heavy (non-hydrogen) atoms. The fraction of sp³-hybridized carbons (Fsp3) is 0.278. The van der Waals surface area contributed by atoms with E-state index < -0.39 is 5.82 Å². The first-order chi connectivity index (χ1) is 10.6. The molecule has 2 aromatic rings. The molecule has 0 fully saturated rings. The summed E-state index contributed by atoms with van der Waals surface area (Å²) >= 11 is 0. The van der Waals surface area contributed by atoms with Crippen LogP contribution in [0.3, 0.4) is 0 Å². The molecule has 2 aromatic carbocycles. The summed E-state index contributed by atoms with van der Waals surface area (Å²) < 4.78 is 19.1. The molecule has 0 aliphatic heterocycles. The van der Waals surface area contributed by atoms with Gasteiger partial charge < -0.3 is 10.1 Å². The minimum absolute atomic E-state index is 0.171. The van der Waals surface area contributed by atoms with Gasteiger partial charge in [0.2, 0.25) is 0 Å². The lowest BCUT2D eigenvalue weighted by molar-refractivity contribution is 0.102. The van der Waals surface area contributed by atoms with Gasteiger partial charge in [-0.3, -0.25) is 4.79 Å². The molecule has 0 bridgehead atoms. The van der Waals surface area contributed by atoms with Gasteiger partial charge in [-0.05, 0) is 48.7 Å². The fourth-order valence-corrected chi connectivity index (χ4v) is 1.87. The monoisotopic (exact) mass is 301 g/mol. The largest absolute Gasteiger partial charge is 0.494 e. The summed E-state index contributed by atoms with van der Waals surface area (Å²) in [4.78, 5) is 12.1. The van der Waals surface area contributed by atoms with Crippen molar-refractivity contribution < 1.29 is 13.9 Å². The topological polar surface area (TPSA) is 38.3 Å². The van der Waals surface area contributed by atoms with Crippen LogP contribution in [0.1, 0.15) is 30.6 Å². The number of ether oxygens (including phenoxy) is 1. The lowest BCUT2D eigenvalue weighted by Gasteiger charge is -2.09. The van der Waals surface area contributed by atoms with Crippen LogP contribution in [0.15, 0.2) is 48.5 Å². The summed E-state index contributed by atoms with van der Waals surface area (Å²) in [6.45, 7) is 4.93. The van der Waals surface area contributed by atoms with Gasteiger partial charge in [0.25, 0.3) is 5.91 Å². The molecule has 0 radical (unpaired) electrons. The van der Waals surface area contributed by atoms with Gasteiger partial charge in [0.15, 0.2) is 0 Å². The highest BCUT2D eigenvalue weighted by atomic mass is 19.1. The average molecular weight is 301 g/mol. The number of hydrogen-bond acceptors (Lipinski definition) is 2. The average Bonchev–Trinajstić information content (AvgIpc) is 2.50. The zero-order valence-electron chi connectivity index (χ0n) is 12.8. The summed E-state index contributed by atoms with van der Waals surface area (Å²) in [5.41, 5.74) is 0.629. The van der Waals surface area contributed by atoms with Crippen LogP contribution in [0.5, 0.6) is 5.75 Å². The van der Waals surface area contributed by atoms with E-state index in [9.17, 15) is 9.18 Å². The molecule has 0 aromatic heterocycles. The molecule has 0 spiro atoms. The number of nitrogens with one attached hydrogen (secondary N) is 1. The Bertz CT molecular complexity index is 623. The van der Waals surface area contributed by atoms with Gasteiger partial charge in [-0.2, -0.15) is 0 Å². The van der Waals surface area contributed by atoms with Crippen molar-refractivity contribution in [3.63, 3.8) is 0 Å². The molecule has 0 saturated heterocycles. The molecule has 0 aliphatic carbocycles. The second kappa shape index (κ2) is 7.59. The first kappa shape index (κ1) is 16.0. The van der Waals surface area contributed by atoms with E-state index in [4.69, 9.17) is 4.74 Å². The summed E-state index contributed by atoms with van der Waals surface area (Å²) in [6.07, 6.45) is 0.982. The number of para-hydroxylation sites is 1. The highest BCUT2D eigenvalue weighted by molar-refractivity contribution is 6.04. The van der Waals surface area contributed by atoms with Crippen LogP contribution in [0, 0.1) is 11.7 Å². The number of anilines is 1. The Balaban J connectivity index is 1.95. The minimum atomic E-state index is -0.454. The van der Waals surface area contributed by atoms with Crippen molar-refractivity contribution >= 4 is 11.6 Å². The number of hydrogen-bond donors (Lipinski definition) is 1. The Kier molecular flexibility index (Phi) is 5.53. The van der Waals surface area contributed by atoms with Crippen LogP contribution in [0.4, 0.5) is 10.1 Å².